The van der Waals surface area contributed by atoms with Gasteiger partial charge in [-0.15, -0.1) is 0 Å². The van der Waals surface area contributed by atoms with Crippen molar-refractivity contribution in [1.29, 1.82) is 0 Å². The Balaban J connectivity index is 2.10. The number of rotatable bonds is 4. The summed E-state index contributed by atoms with van der Waals surface area (Å²) in [5, 5.41) is 0. The van der Waals surface area contributed by atoms with E-state index in [-0.39, 0.29) is 6.61 Å². The predicted molar refractivity (Wildman–Crippen MR) is 46.4 cm³/mol. The molecule has 15 heavy (non-hydrogen) atoms. The van der Waals surface area contributed by atoms with Crippen molar-refractivity contribution < 1.29 is 27.4 Å². The van der Waals surface area contributed by atoms with Gasteiger partial charge in [0.05, 0.1) is 19.8 Å². The molecule has 0 N–H and O–H groups in total. The Bertz CT molecular complexity index is 178. The van der Waals surface area contributed by atoms with E-state index in [9.17, 15) is 13.2 Å². The second-order valence-electron chi connectivity index (χ2n) is 3.37. The topological polar surface area (TPSA) is 27.7 Å². The van der Waals surface area contributed by atoms with Crippen LogP contribution in [0, 0.1) is 0 Å². The summed E-state index contributed by atoms with van der Waals surface area (Å²) < 4.78 is 51.0. The summed E-state index contributed by atoms with van der Waals surface area (Å²) in [5.74, 6) is 0. The normalized spacial score (nSPS) is 21.6. The van der Waals surface area contributed by atoms with E-state index in [1.807, 2.05) is 0 Å². The van der Waals surface area contributed by atoms with Crippen LogP contribution in [-0.4, -0.2) is 38.4 Å². The van der Waals surface area contributed by atoms with E-state index < -0.39 is 18.6 Å². The molecular formula is C9H15F3O3. The molecule has 90 valence electrons. The Morgan fingerprint density at radius 2 is 1.93 bits per heavy atom. The van der Waals surface area contributed by atoms with Gasteiger partial charge in [-0.3, -0.25) is 0 Å². The van der Waals surface area contributed by atoms with Crippen LogP contribution in [-0.2, 0) is 14.2 Å². The van der Waals surface area contributed by atoms with Gasteiger partial charge in [0.1, 0.15) is 0 Å². The Morgan fingerprint density at radius 1 is 1.33 bits per heavy atom. The molecule has 0 amide bonds. The Morgan fingerprint density at radius 3 is 2.47 bits per heavy atom. The van der Waals surface area contributed by atoms with Crippen LogP contribution in [0.15, 0.2) is 0 Å². The lowest BCUT2D eigenvalue weighted by molar-refractivity contribution is -0.226. The second-order valence-corrected chi connectivity index (χ2v) is 3.37. The van der Waals surface area contributed by atoms with Crippen LogP contribution in [0.25, 0.3) is 0 Å². The fraction of sp³-hybridized carbons (Fsp3) is 1.00. The maximum atomic E-state index is 12.0. The summed E-state index contributed by atoms with van der Waals surface area (Å²) in [6.07, 6.45) is -5.29. The molecule has 0 aromatic rings. The molecule has 0 saturated carbocycles. The van der Waals surface area contributed by atoms with Crippen molar-refractivity contribution in [2.24, 2.45) is 0 Å². The molecule has 1 aliphatic rings. The van der Waals surface area contributed by atoms with Crippen LogP contribution >= 0.6 is 0 Å². The second kappa shape index (κ2) is 5.67. The Hall–Kier alpha value is -0.330. The minimum absolute atomic E-state index is 0.00859. The first-order valence-electron chi connectivity index (χ1n) is 4.91. The van der Waals surface area contributed by atoms with Crippen molar-refractivity contribution in [3.63, 3.8) is 0 Å². The van der Waals surface area contributed by atoms with Gasteiger partial charge in [-0.05, 0) is 13.3 Å². The molecule has 0 spiro atoms. The lowest BCUT2D eigenvalue weighted by Crippen LogP contribution is -2.31. The molecular weight excluding hydrogens is 213 g/mol. The van der Waals surface area contributed by atoms with E-state index in [4.69, 9.17) is 9.47 Å². The highest BCUT2D eigenvalue weighted by molar-refractivity contribution is 4.61. The highest BCUT2D eigenvalue weighted by atomic mass is 19.4. The van der Waals surface area contributed by atoms with Crippen molar-refractivity contribution in [3.8, 4) is 0 Å². The average molecular weight is 228 g/mol. The predicted octanol–water partition coefficient (Wildman–Crippen LogP) is 2.11. The van der Waals surface area contributed by atoms with Gasteiger partial charge in [-0.1, -0.05) is 0 Å². The summed E-state index contributed by atoms with van der Waals surface area (Å²) in [6, 6.07) is 0. The number of ether oxygens (including phenoxy) is 3. The highest BCUT2D eigenvalue weighted by Crippen LogP contribution is 2.22. The first-order chi connectivity index (χ1) is 7.00. The average Bonchev–Trinajstić information content (AvgIpc) is 2.18. The van der Waals surface area contributed by atoms with Gasteiger partial charge in [0.2, 0.25) is 0 Å². The Kier molecular flexibility index (Phi) is 4.82. The zero-order chi connectivity index (χ0) is 11.3. The van der Waals surface area contributed by atoms with E-state index >= 15 is 0 Å². The summed E-state index contributed by atoms with van der Waals surface area (Å²) in [6.45, 7) is 2.17. The van der Waals surface area contributed by atoms with E-state index in [1.54, 1.807) is 0 Å². The fourth-order valence-electron chi connectivity index (χ4n) is 1.14. The van der Waals surface area contributed by atoms with Gasteiger partial charge >= 0.3 is 6.18 Å². The minimum atomic E-state index is -4.30. The summed E-state index contributed by atoms with van der Waals surface area (Å²) in [5.41, 5.74) is 0. The molecule has 0 radical (unpaired) electrons. The maximum Gasteiger partial charge on any atom is 0.414 e. The lowest BCUT2D eigenvalue weighted by Gasteiger charge is -2.24. The van der Waals surface area contributed by atoms with Crippen molar-refractivity contribution in [3.05, 3.63) is 0 Å². The van der Waals surface area contributed by atoms with E-state index in [0.29, 0.717) is 19.6 Å². The molecule has 0 aromatic heterocycles. The minimum Gasteiger partial charge on any atom is -0.369 e. The molecule has 0 bridgehead atoms. The highest BCUT2D eigenvalue weighted by Gasteiger charge is 2.36. The monoisotopic (exact) mass is 228 g/mol. The summed E-state index contributed by atoms with van der Waals surface area (Å²) >= 11 is 0. The molecule has 1 unspecified atom stereocenters. The quantitative estimate of drug-likeness (QED) is 0.737. The van der Waals surface area contributed by atoms with Gasteiger partial charge in [0.15, 0.2) is 12.4 Å². The third-order valence-electron chi connectivity index (χ3n) is 2.08. The zero-order valence-electron chi connectivity index (χ0n) is 8.55. The van der Waals surface area contributed by atoms with Gasteiger partial charge in [0.25, 0.3) is 0 Å². The standard InChI is InChI=1S/C9H15F3O3/c1-7(9(10,11)12)13-6-3-8-14-4-2-5-15-8/h7-8H,2-6H2,1H3. The summed E-state index contributed by atoms with van der Waals surface area (Å²) in [4.78, 5) is 0. The van der Waals surface area contributed by atoms with Crippen molar-refractivity contribution in [2.45, 2.75) is 38.3 Å². The van der Waals surface area contributed by atoms with Crippen LogP contribution < -0.4 is 0 Å². The molecule has 6 heteroatoms. The number of alkyl halides is 3. The Labute approximate surface area is 86.5 Å². The van der Waals surface area contributed by atoms with E-state index in [1.165, 1.54) is 0 Å². The van der Waals surface area contributed by atoms with Crippen LogP contribution in [0.3, 0.4) is 0 Å². The summed E-state index contributed by atoms with van der Waals surface area (Å²) in [7, 11) is 0. The van der Waals surface area contributed by atoms with E-state index in [2.05, 4.69) is 4.74 Å². The third kappa shape index (κ3) is 4.81. The van der Waals surface area contributed by atoms with Crippen molar-refractivity contribution in [1.82, 2.24) is 0 Å². The molecule has 1 fully saturated rings. The molecule has 1 aliphatic heterocycles. The molecule has 1 atom stereocenters. The molecule has 1 rings (SSSR count). The molecule has 0 aliphatic carbocycles. The smallest absolute Gasteiger partial charge is 0.369 e. The maximum absolute atomic E-state index is 12.0. The fourth-order valence-corrected chi connectivity index (χ4v) is 1.14. The van der Waals surface area contributed by atoms with Crippen LogP contribution in [0.2, 0.25) is 0 Å². The van der Waals surface area contributed by atoms with Crippen LogP contribution in [0.1, 0.15) is 19.8 Å². The van der Waals surface area contributed by atoms with E-state index in [0.717, 1.165) is 13.3 Å². The van der Waals surface area contributed by atoms with Crippen molar-refractivity contribution >= 4 is 0 Å². The third-order valence-corrected chi connectivity index (χ3v) is 2.08. The first-order valence-corrected chi connectivity index (χ1v) is 4.91. The molecule has 1 saturated heterocycles. The van der Waals surface area contributed by atoms with Gasteiger partial charge in [0, 0.05) is 6.42 Å². The van der Waals surface area contributed by atoms with Gasteiger partial charge < -0.3 is 14.2 Å². The lowest BCUT2D eigenvalue weighted by atomic mass is 10.3. The van der Waals surface area contributed by atoms with Crippen LogP contribution in [0.5, 0.6) is 0 Å². The van der Waals surface area contributed by atoms with Gasteiger partial charge in [-0.2, -0.15) is 13.2 Å². The zero-order valence-corrected chi connectivity index (χ0v) is 8.55. The molecule has 0 aromatic carbocycles. The number of hydrogen-bond donors (Lipinski definition) is 0. The number of halogens is 3. The van der Waals surface area contributed by atoms with Crippen LogP contribution in [0.4, 0.5) is 13.2 Å². The number of hydrogen-bond acceptors (Lipinski definition) is 3. The SMILES string of the molecule is CC(OCCC1OCCCO1)C(F)(F)F. The largest absolute Gasteiger partial charge is 0.414 e. The molecule has 1 heterocycles. The van der Waals surface area contributed by atoms with Gasteiger partial charge in [-0.25, -0.2) is 0 Å². The molecule has 3 nitrogen and oxygen atoms in total. The first kappa shape index (κ1) is 12.7. The van der Waals surface area contributed by atoms with Crippen molar-refractivity contribution in [2.75, 3.05) is 19.8 Å².